The van der Waals surface area contributed by atoms with Crippen LogP contribution in [0.5, 0.6) is 0 Å². The van der Waals surface area contributed by atoms with Gasteiger partial charge in [0, 0.05) is 18.0 Å². The Morgan fingerprint density at radius 2 is 2.18 bits per heavy atom. The number of halogens is 2. The summed E-state index contributed by atoms with van der Waals surface area (Å²) in [5.74, 6) is 5.61. The van der Waals surface area contributed by atoms with E-state index in [1.165, 1.54) is 11.3 Å². The number of thiophene rings is 1. The number of hydrogen-bond donors (Lipinski definition) is 2. The first-order valence-corrected chi connectivity index (χ1v) is 6.52. The molecule has 0 aliphatic carbocycles. The first-order valence-electron chi connectivity index (χ1n) is 4.95. The van der Waals surface area contributed by atoms with Gasteiger partial charge in [-0.2, -0.15) is 0 Å². The van der Waals surface area contributed by atoms with E-state index in [1.54, 1.807) is 12.4 Å². The molecule has 0 radical (unpaired) electrons. The Bertz CT molecular complexity index is 527. The lowest BCUT2D eigenvalue weighted by molar-refractivity contribution is 0.633. The Balaban J connectivity index is 2.47. The molecule has 0 aliphatic heterocycles. The van der Waals surface area contributed by atoms with Gasteiger partial charge in [-0.15, -0.1) is 11.3 Å². The highest BCUT2D eigenvalue weighted by molar-refractivity contribution is 7.20. The Hall–Kier alpha value is -0.650. The van der Waals surface area contributed by atoms with E-state index in [1.807, 2.05) is 19.1 Å². The number of nitrogens with zero attached hydrogens (tertiary/aromatic N) is 1. The van der Waals surface area contributed by atoms with Gasteiger partial charge in [-0.3, -0.25) is 10.8 Å². The van der Waals surface area contributed by atoms with E-state index in [9.17, 15) is 0 Å². The van der Waals surface area contributed by atoms with Gasteiger partial charge in [0.2, 0.25) is 0 Å². The minimum absolute atomic E-state index is 0.194. The number of hydrazine groups is 1. The highest BCUT2D eigenvalue weighted by Crippen LogP contribution is 2.37. The van der Waals surface area contributed by atoms with Crippen LogP contribution in [0.3, 0.4) is 0 Å². The number of rotatable bonds is 3. The molecule has 0 amide bonds. The normalized spacial score (nSPS) is 12.7. The summed E-state index contributed by atoms with van der Waals surface area (Å²) in [4.78, 5) is 4.11. The Morgan fingerprint density at radius 1 is 1.41 bits per heavy atom. The monoisotopic (exact) mass is 287 g/mol. The molecule has 0 saturated heterocycles. The minimum Gasteiger partial charge on any atom is -0.271 e. The third-order valence-corrected chi connectivity index (χ3v) is 4.07. The van der Waals surface area contributed by atoms with Crippen molar-refractivity contribution in [1.29, 1.82) is 0 Å². The Kier molecular flexibility index (Phi) is 4.01. The van der Waals surface area contributed by atoms with E-state index in [0.29, 0.717) is 8.67 Å². The molecular formula is C11H11Cl2N3S. The summed E-state index contributed by atoms with van der Waals surface area (Å²) in [7, 11) is 0. The molecular weight excluding hydrogens is 277 g/mol. The quantitative estimate of drug-likeness (QED) is 0.673. The second kappa shape index (κ2) is 5.33. The highest BCUT2D eigenvalue weighted by atomic mass is 35.5. The highest BCUT2D eigenvalue weighted by Gasteiger charge is 2.19. The zero-order valence-electron chi connectivity index (χ0n) is 9.08. The molecule has 1 atom stereocenters. The SMILES string of the molecule is Cc1ccncc1C(NN)c1cc(Cl)sc1Cl. The van der Waals surface area contributed by atoms with Crippen LogP contribution in [-0.2, 0) is 0 Å². The summed E-state index contributed by atoms with van der Waals surface area (Å²) >= 11 is 13.4. The molecule has 3 N–H and O–H groups in total. The fourth-order valence-corrected chi connectivity index (χ4v) is 3.21. The predicted molar refractivity (Wildman–Crippen MR) is 72.5 cm³/mol. The van der Waals surface area contributed by atoms with Crippen LogP contribution >= 0.6 is 34.5 Å². The number of nitrogens with two attached hydrogens (primary N) is 1. The molecule has 2 heterocycles. The van der Waals surface area contributed by atoms with Crippen LogP contribution in [-0.4, -0.2) is 4.98 Å². The maximum Gasteiger partial charge on any atom is 0.0995 e. The Labute approximate surface area is 114 Å². The van der Waals surface area contributed by atoms with Crippen molar-refractivity contribution in [2.24, 2.45) is 5.84 Å². The van der Waals surface area contributed by atoms with Crippen LogP contribution in [0.15, 0.2) is 24.5 Å². The maximum atomic E-state index is 6.14. The summed E-state index contributed by atoms with van der Waals surface area (Å²) in [6.45, 7) is 2.00. The first kappa shape index (κ1) is 12.8. The summed E-state index contributed by atoms with van der Waals surface area (Å²) < 4.78 is 1.29. The molecule has 6 heteroatoms. The van der Waals surface area contributed by atoms with E-state index >= 15 is 0 Å². The smallest absolute Gasteiger partial charge is 0.0995 e. The summed E-state index contributed by atoms with van der Waals surface area (Å²) in [6, 6.07) is 3.56. The summed E-state index contributed by atoms with van der Waals surface area (Å²) in [6.07, 6.45) is 3.52. The zero-order chi connectivity index (χ0) is 12.4. The van der Waals surface area contributed by atoms with Crippen molar-refractivity contribution in [2.45, 2.75) is 13.0 Å². The maximum absolute atomic E-state index is 6.14. The van der Waals surface area contributed by atoms with Gasteiger partial charge in [-0.1, -0.05) is 23.2 Å². The van der Waals surface area contributed by atoms with Crippen molar-refractivity contribution in [3.05, 3.63) is 49.9 Å². The van der Waals surface area contributed by atoms with E-state index in [-0.39, 0.29) is 6.04 Å². The molecule has 2 aromatic rings. The molecule has 90 valence electrons. The lowest BCUT2D eigenvalue weighted by Crippen LogP contribution is -2.29. The van der Waals surface area contributed by atoms with Gasteiger partial charge in [0.05, 0.1) is 14.7 Å². The van der Waals surface area contributed by atoms with E-state index in [2.05, 4.69) is 10.4 Å². The molecule has 0 spiro atoms. The average Bonchev–Trinajstić information content (AvgIpc) is 2.62. The second-order valence-corrected chi connectivity index (χ2v) is 5.90. The fraction of sp³-hybridized carbons (Fsp3) is 0.182. The third kappa shape index (κ3) is 2.61. The van der Waals surface area contributed by atoms with Gasteiger partial charge in [0.15, 0.2) is 0 Å². The van der Waals surface area contributed by atoms with Crippen LogP contribution in [0.4, 0.5) is 0 Å². The van der Waals surface area contributed by atoms with Gasteiger partial charge in [0.1, 0.15) is 0 Å². The number of pyridine rings is 1. The van der Waals surface area contributed by atoms with E-state index in [0.717, 1.165) is 16.7 Å². The lowest BCUT2D eigenvalue weighted by Gasteiger charge is -2.17. The van der Waals surface area contributed by atoms with Gasteiger partial charge < -0.3 is 0 Å². The second-order valence-electron chi connectivity index (χ2n) is 3.61. The number of nitrogens with one attached hydrogen (secondary N) is 1. The van der Waals surface area contributed by atoms with Gasteiger partial charge in [-0.25, -0.2) is 5.43 Å². The van der Waals surface area contributed by atoms with Crippen LogP contribution in [0, 0.1) is 6.92 Å². The third-order valence-electron chi connectivity index (χ3n) is 2.55. The minimum atomic E-state index is -0.194. The summed E-state index contributed by atoms with van der Waals surface area (Å²) in [5, 5.41) is 0. The van der Waals surface area contributed by atoms with Crippen molar-refractivity contribution < 1.29 is 0 Å². The fourth-order valence-electron chi connectivity index (χ4n) is 1.68. The molecule has 0 bridgehead atoms. The molecule has 0 fully saturated rings. The molecule has 17 heavy (non-hydrogen) atoms. The van der Waals surface area contributed by atoms with Gasteiger partial charge in [0.25, 0.3) is 0 Å². The number of hydrogen-bond acceptors (Lipinski definition) is 4. The summed E-state index contributed by atoms with van der Waals surface area (Å²) in [5.41, 5.74) is 5.72. The molecule has 1 unspecified atom stereocenters. The standard InChI is InChI=1S/C11H11Cl2N3S/c1-6-2-3-15-5-8(6)10(16-14)7-4-9(12)17-11(7)13/h2-5,10,16H,14H2,1H3. The van der Waals surface area contributed by atoms with E-state index < -0.39 is 0 Å². The molecule has 2 aromatic heterocycles. The van der Waals surface area contributed by atoms with Crippen molar-refractivity contribution in [2.75, 3.05) is 0 Å². The van der Waals surface area contributed by atoms with Crippen molar-refractivity contribution in [1.82, 2.24) is 10.4 Å². The van der Waals surface area contributed by atoms with Gasteiger partial charge in [-0.05, 0) is 30.2 Å². The average molecular weight is 288 g/mol. The van der Waals surface area contributed by atoms with Crippen LogP contribution < -0.4 is 11.3 Å². The van der Waals surface area contributed by atoms with Crippen molar-refractivity contribution in [3.8, 4) is 0 Å². The lowest BCUT2D eigenvalue weighted by atomic mass is 10.00. The number of aryl methyl sites for hydroxylation is 1. The molecule has 2 rings (SSSR count). The predicted octanol–water partition coefficient (Wildman–Crippen LogP) is 3.31. The first-order chi connectivity index (χ1) is 8.13. The largest absolute Gasteiger partial charge is 0.271 e. The molecule has 0 aromatic carbocycles. The Morgan fingerprint density at radius 3 is 2.71 bits per heavy atom. The molecule has 0 aliphatic rings. The van der Waals surface area contributed by atoms with Gasteiger partial charge >= 0.3 is 0 Å². The van der Waals surface area contributed by atoms with Crippen molar-refractivity contribution in [3.63, 3.8) is 0 Å². The van der Waals surface area contributed by atoms with Crippen LogP contribution in [0.1, 0.15) is 22.7 Å². The molecule has 0 saturated carbocycles. The van der Waals surface area contributed by atoms with E-state index in [4.69, 9.17) is 29.0 Å². The van der Waals surface area contributed by atoms with Crippen molar-refractivity contribution >= 4 is 34.5 Å². The van der Waals surface area contributed by atoms with Crippen LogP contribution in [0.2, 0.25) is 8.67 Å². The topological polar surface area (TPSA) is 50.9 Å². The molecule has 3 nitrogen and oxygen atoms in total. The zero-order valence-corrected chi connectivity index (χ0v) is 11.4. The number of aromatic nitrogens is 1. The van der Waals surface area contributed by atoms with Crippen LogP contribution in [0.25, 0.3) is 0 Å².